The normalized spacial score (nSPS) is 15.6. The number of carbonyl (C=O) groups is 1. The van der Waals surface area contributed by atoms with Gasteiger partial charge in [-0.25, -0.2) is 28.5 Å². The smallest absolute Gasteiger partial charge is 0.330 e. The average Bonchev–Trinajstić information content (AvgIpc) is 4.25. The summed E-state index contributed by atoms with van der Waals surface area (Å²) in [6.45, 7) is -0.430. The summed E-state index contributed by atoms with van der Waals surface area (Å²) in [5.74, 6) is -0.518. The molecule has 0 spiro atoms. The van der Waals surface area contributed by atoms with Crippen LogP contribution in [-0.2, 0) is 30.7 Å². The Morgan fingerprint density at radius 2 is 1.04 bits per heavy atom. The van der Waals surface area contributed by atoms with Crippen LogP contribution in [-0.4, -0.2) is 64.4 Å². The summed E-state index contributed by atoms with van der Waals surface area (Å²) < 4.78 is 12.8. The first-order valence-electron chi connectivity index (χ1n) is 23.4. The van der Waals surface area contributed by atoms with E-state index < -0.39 is 42.2 Å². The lowest BCUT2D eigenvalue weighted by Gasteiger charge is -2.14. The van der Waals surface area contributed by atoms with Gasteiger partial charge in [-0.2, -0.15) is 0 Å². The molecular weight excluding hydrogens is 1290 g/mol. The number of fused-ring (bicyclic) bond motifs is 8. The van der Waals surface area contributed by atoms with E-state index in [9.17, 15) is 24.6 Å². The van der Waals surface area contributed by atoms with Crippen LogP contribution in [0.1, 0.15) is 41.0 Å². The zero-order chi connectivity index (χ0) is 49.6. The van der Waals surface area contributed by atoms with E-state index in [4.69, 9.17) is 14.7 Å². The van der Waals surface area contributed by atoms with Crippen LogP contribution in [0.25, 0.3) is 97.0 Å². The molecule has 380 valence electrons. The van der Waals surface area contributed by atoms with E-state index in [0.29, 0.717) is 5.69 Å². The summed E-state index contributed by atoms with van der Waals surface area (Å²) in [7, 11) is 5.98. The van der Waals surface area contributed by atoms with Gasteiger partial charge in [0.15, 0.2) is 37.2 Å². The summed E-state index contributed by atoms with van der Waals surface area (Å²) in [5, 5.41) is 22.6. The highest BCUT2D eigenvalue weighted by molar-refractivity contribution is 6.03. The largest absolute Gasteiger partial charge is 1.00 e. The van der Waals surface area contributed by atoms with Crippen LogP contribution in [0.3, 0.4) is 0 Å². The minimum Gasteiger partial charge on any atom is -1.00 e. The number of aromatic nitrogens is 9. The second kappa shape index (κ2) is 23.0. The van der Waals surface area contributed by atoms with Crippen molar-refractivity contribution in [2.24, 2.45) is 21.1 Å². The highest BCUT2D eigenvalue weighted by Gasteiger charge is 2.35. The molecule has 1 saturated heterocycles. The molecule has 3 aliphatic heterocycles. The van der Waals surface area contributed by atoms with Crippen molar-refractivity contribution in [2.75, 3.05) is 11.9 Å². The second-order valence-corrected chi connectivity index (χ2v) is 18.0. The summed E-state index contributed by atoms with van der Waals surface area (Å²) >= 11 is 0. The molecule has 0 radical (unpaired) electrons. The van der Waals surface area contributed by atoms with Crippen molar-refractivity contribution < 1.29 is 105 Å². The van der Waals surface area contributed by atoms with E-state index >= 15 is 0 Å². The minimum absolute atomic E-state index is 0. The standard InChI is InChI=1S/C56H46N10O6.3HI/c1-63-24-18-34(19-25-63)52-41-11-9-39(58-41)51(33-4-7-38(8-5-33)57-49(69)17-6-37-31-66(56(71)62-55(37)70)50-30-47(68)48(32-67)72-50)40-10-12-42(59-40)53(35-20-26-64(2)27-21-35)44-14-16-46(61-44)54(45-15-13-43(52)60-45)36-22-28-65(3)29-23-36;;;/h4-29,31,47-48,50,67-68H,30,32H2,1-3H3,(H-2,57,58,59,60,61,62,69,70,71);3*1H/b17-6+,51-39?,51-40?,52-41?,52-43?,53-42?,53-44?,54-45?,54-46?;;;/t47-,48+,50+;;;/m0.../s1. The van der Waals surface area contributed by atoms with E-state index in [1.807, 2.05) is 96.3 Å². The monoisotopic (exact) mass is 1340 g/mol. The molecule has 1 amide bonds. The van der Waals surface area contributed by atoms with E-state index in [-0.39, 0.29) is 83.9 Å². The van der Waals surface area contributed by atoms with E-state index in [2.05, 4.69) is 93.1 Å². The number of halogens is 3. The third-order valence-corrected chi connectivity index (χ3v) is 13.1. The predicted octanol–water partition coefficient (Wildman–Crippen LogP) is -3.05. The van der Waals surface area contributed by atoms with Crippen molar-refractivity contribution in [1.29, 1.82) is 0 Å². The van der Waals surface area contributed by atoms with Gasteiger partial charge in [0, 0.05) is 105 Å². The summed E-state index contributed by atoms with van der Waals surface area (Å²) in [5.41, 5.74) is 13.0. The zero-order valence-corrected chi connectivity index (χ0v) is 47.1. The SMILES string of the molecule is C[n+]1ccc(-c2c3nc(c(-c4cc[n+](C)cc4)c4ccc([nH]4)c(-c4cc[n+](C)cc4)c4nc(c(-c5ccc(NC(=O)/C=C/c6cn([C@H]7C[C@H](O)[C@@H](CO)O7)c(=O)[nH]c6=O)cc5)c5ccc2[nH]5)C=C4)C=C3)cc1.[I-].[I-].[I-]. The van der Waals surface area contributed by atoms with Crippen LogP contribution in [0, 0.1) is 0 Å². The van der Waals surface area contributed by atoms with E-state index in [1.54, 1.807) is 12.1 Å². The molecule has 75 heavy (non-hydrogen) atoms. The molecule has 1 fully saturated rings. The Bertz CT molecular complexity index is 3800. The first kappa shape index (κ1) is 54.5. The number of benzene rings is 1. The molecular formula is C56H49I3N10O6. The number of amides is 1. The number of ether oxygens (including phenoxy) is 1. The summed E-state index contributed by atoms with van der Waals surface area (Å²) in [6.07, 6.45) is 21.4. The first-order valence-corrected chi connectivity index (χ1v) is 23.4. The van der Waals surface area contributed by atoms with Crippen LogP contribution in [0.15, 0.2) is 144 Å². The molecule has 19 heteroatoms. The number of aliphatic hydroxyl groups excluding tert-OH is 2. The van der Waals surface area contributed by atoms with Gasteiger partial charge in [0.1, 0.15) is 33.5 Å². The van der Waals surface area contributed by atoms with Gasteiger partial charge in [-0.15, -0.1) is 0 Å². The number of aliphatic hydroxyl groups is 2. The Morgan fingerprint density at radius 3 is 1.43 bits per heavy atom. The molecule has 7 aromatic heterocycles. The Balaban J connectivity index is 0.00000249. The highest BCUT2D eigenvalue weighted by atomic mass is 127. The van der Waals surface area contributed by atoms with E-state index in [0.717, 1.165) is 93.9 Å². The number of aromatic amines is 3. The summed E-state index contributed by atoms with van der Waals surface area (Å²) in [4.78, 5) is 59.3. The number of carbonyl (C=O) groups excluding carboxylic acids is 1. The Labute approximate surface area is 481 Å². The number of aryl methyl sites for hydroxylation is 3. The predicted molar refractivity (Wildman–Crippen MR) is 275 cm³/mol. The maximum Gasteiger partial charge on any atom is 0.330 e. The molecule has 8 aromatic rings. The first-order chi connectivity index (χ1) is 35.0. The van der Waals surface area contributed by atoms with Crippen LogP contribution < -0.4 is 102 Å². The molecule has 8 bridgehead atoms. The molecule has 6 N–H and O–H groups in total. The molecule has 0 saturated carbocycles. The quantitative estimate of drug-likeness (QED) is 0.0498. The molecule has 16 nitrogen and oxygen atoms in total. The van der Waals surface area contributed by atoms with Crippen LogP contribution in [0.4, 0.5) is 5.69 Å². The Morgan fingerprint density at radius 1 is 0.640 bits per heavy atom. The van der Waals surface area contributed by atoms with Gasteiger partial charge in [-0.05, 0) is 89.0 Å². The number of anilines is 1. The highest BCUT2D eigenvalue weighted by Crippen LogP contribution is 2.38. The zero-order valence-electron chi connectivity index (χ0n) is 40.6. The Kier molecular flexibility index (Phi) is 16.7. The average molecular weight is 1340 g/mol. The number of nitrogens with one attached hydrogen (secondary N) is 4. The maximum atomic E-state index is 13.3. The van der Waals surface area contributed by atoms with Crippen molar-refractivity contribution in [3.05, 3.63) is 184 Å². The number of nitrogens with zero attached hydrogens (tertiary/aromatic N) is 6. The topological polar surface area (TPSA) is 203 Å². The number of rotatable bonds is 9. The molecule has 1 aromatic carbocycles. The number of H-pyrrole nitrogens is 3. The van der Waals surface area contributed by atoms with Gasteiger partial charge in [0.25, 0.3) is 5.56 Å². The van der Waals surface area contributed by atoms with Crippen LogP contribution in [0.2, 0.25) is 0 Å². The number of hydrogen-bond donors (Lipinski definition) is 6. The van der Waals surface area contributed by atoms with Crippen LogP contribution >= 0.6 is 0 Å². The Hall–Kier alpha value is -6.77. The lowest BCUT2D eigenvalue weighted by atomic mass is 10.0. The lowest BCUT2D eigenvalue weighted by molar-refractivity contribution is -0.671. The van der Waals surface area contributed by atoms with Crippen molar-refractivity contribution in [2.45, 2.75) is 24.9 Å². The molecule has 0 unspecified atom stereocenters. The number of hydrogen-bond acceptors (Lipinski definition) is 8. The minimum atomic E-state index is -0.987. The van der Waals surface area contributed by atoms with E-state index in [1.165, 1.54) is 18.3 Å². The van der Waals surface area contributed by atoms with Crippen molar-refractivity contribution in [3.63, 3.8) is 0 Å². The molecule has 0 aliphatic carbocycles. The molecule has 11 rings (SSSR count). The van der Waals surface area contributed by atoms with Gasteiger partial charge < -0.3 is 102 Å². The van der Waals surface area contributed by atoms with Crippen molar-refractivity contribution >= 4 is 64.0 Å². The summed E-state index contributed by atoms with van der Waals surface area (Å²) in [6, 6.07) is 28.3. The van der Waals surface area contributed by atoms with Crippen molar-refractivity contribution in [3.8, 4) is 44.5 Å². The fraction of sp³-hybridized carbons (Fsp3) is 0.143. The maximum absolute atomic E-state index is 13.3. The number of pyridine rings is 3. The molecule has 3 atom stereocenters. The van der Waals surface area contributed by atoms with Gasteiger partial charge in [-0.3, -0.25) is 19.1 Å². The van der Waals surface area contributed by atoms with Crippen molar-refractivity contribution in [1.82, 2.24) is 29.5 Å². The van der Waals surface area contributed by atoms with Gasteiger partial charge in [-0.1, -0.05) is 12.1 Å². The lowest BCUT2D eigenvalue weighted by Crippen LogP contribution is -3.00. The van der Waals surface area contributed by atoms with Gasteiger partial charge in [0.2, 0.25) is 5.91 Å². The molecule has 10 heterocycles. The third kappa shape index (κ3) is 11.1. The molecule has 3 aliphatic rings. The fourth-order valence-corrected chi connectivity index (χ4v) is 9.38. The van der Waals surface area contributed by atoms with Gasteiger partial charge >= 0.3 is 5.69 Å². The van der Waals surface area contributed by atoms with Crippen LogP contribution in [0.5, 0.6) is 0 Å². The fourth-order valence-electron chi connectivity index (χ4n) is 9.38. The van der Waals surface area contributed by atoms with Gasteiger partial charge in [0.05, 0.1) is 41.1 Å². The third-order valence-electron chi connectivity index (χ3n) is 13.1. The second-order valence-electron chi connectivity index (χ2n) is 18.0.